The van der Waals surface area contributed by atoms with Gasteiger partial charge in [0.1, 0.15) is 5.78 Å². The van der Waals surface area contributed by atoms with Crippen molar-refractivity contribution in [2.75, 3.05) is 0 Å². The van der Waals surface area contributed by atoms with Crippen LogP contribution in [0.3, 0.4) is 0 Å². The number of hydrogen-bond acceptors (Lipinski definition) is 2. The largest absolute Gasteiger partial charge is 0.298 e. The van der Waals surface area contributed by atoms with Gasteiger partial charge in [0.25, 0.3) is 0 Å². The van der Waals surface area contributed by atoms with Crippen LogP contribution < -0.4 is 0 Å². The van der Waals surface area contributed by atoms with Crippen LogP contribution in [0.15, 0.2) is 66.9 Å². The van der Waals surface area contributed by atoms with Crippen LogP contribution >= 0.6 is 11.6 Å². The van der Waals surface area contributed by atoms with Gasteiger partial charge in [-0.1, -0.05) is 48.0 Å². The normalized spacial score (nSPS) is 12.0. The van der Waals surface area contributed by atoms with Gasteiger partial charge in [-0.05, 0) is 60.4 Å². The Morgan fingerprint density at radius 1 is 1.04 bits per heavy atom. The number of aryl methyl sites for hydroxylation is 2. The fourth-order valence-corrected chi connectivity index (χ4v) is 3.39. The molecule has 0 N–H and O–H groups in total. The predicted molar refractivity (Wildman–Crippen MR) is 102 cm³/mol. The van der Waals surface area contributed by atoms with E-state index in [9.17, 15) is 4.79 Å². The lowest BCUT2D eigenvalue weighted by molar-refractivity contribution is -0.119. The van der Waals surface area contributed by atoms with Crippen LogP contribution in [0.4, 0.5) is 0 Å². The van der Waals surface area contributed by atoms with E-state index in [2.05, 4.69) is 4.98 Å². The van der Waals surface area contributed by atoms with Gasteiger partial charge in [-0.15, -0.1) is 0 Å². The smallest absolute Gasteiger partial charge is 0.149 e. The van der Waals surface area contributed by atoms with Gasteiger partial charge in [0.05, 0.1) is 5.92 Å². The highest BCUT2D eigenvalue weighted by Crippen LogP contribution is 2.30. The number of hydrogen-bond donors (Lipinski definition) is 0. The first-order valence-corrected chi connectivity index (χ1v) is 8.67. The van der Waals surface area contributed by atoms with Gasteiger partial charge in [0.15, 0.2) is 0 Å². The molecule has 1 unspecified atom stereocenters. The van der Waals surface area contributed by atoms with Crippen LogP contribution in [0.1, 0.15) is 33.9 Å². The van der Waals surface area contributed by atoms with Gasteiger partial charge in [-0.25, -0.2) is 0 Å². The molecule has 0 fully saturated rings. The number of carbonyl (C=O) groups is 1. The van der Waals surface area contributed by atoms with E-state index in [0.29, 0.717) is 11.4 Å². The zero-order valence-electron chi connectivity index (χ0n) is 14.4. The number of pyridine rings is 1. The predicted octanol–water partition coefficient (Wildman–Crippen LogP) is 5.30. The minimum absolute atomic E-state index is 0.169. The minimum Gasteiger partial charge on any atom is -0.298 e. The van der Waals surface area contributed by atoms with E-state index in [1.807, 2.05) is 74.5 Å². The molecule has 0 saturated heterocycles. The molecule has 126 valence electrons. The summed E-state index contributed by atoms with van der Waals surface area (Å²) in [5, 5.41) is 0.685. The Morgan fingerprint density at radius 3 is 2.48 bits per heavy atom. The molecule has 0 spiro atoms. The Balaban J connectivity index is 2.00. The molecule has 1 atom stereocenters. The number of ketones is 1. The highest BCUT2D eigenvalue weighted by atomic mass is 35.5. The van der Waals surface area contributed by atoms with Crippen molar-refractivity contribution in [2.45, 2.75) is 26.2 Å². The van der Waals surface area contributed by atoms with Crippen LogP contribution in [-0.2, 0) is 11.2 Å². The first kappa shape index (κ1) is 17.4. The van der Waals surface area contributed by atoms with E-state index >= 15 is 0 Å². The SMILES string of the molecule is Cc1cc(CC(=O)C(c2ccccc2)c2ccc(Cl)cc2C)ccn1. The van der Waals surface area contributed by atoms with E-state index in [1.165, 1.54) is 0 Å². The maximum Gasteiger partial charge on any atom is 0.149 e. The third-order valence-corrected chi connectivity index (χ3v) is 4.57. The van der Waals surface area contributed by atoms with Crippen LogP contribution in [-0.4, -0.2) is 10.8 Å². The van der Waals surface area contributed by atoms with Gasteiger partial charge in [-0.2, -0.15) is 0 Å². The maximum atomic E-state index is 13.2. The molecule has 0 saturated carbocycles. The van der Waals surface area contributed by atoms with E-state index in [-0.39, 0.29) is 11.7 Å². The molecule has 0 radical (unpaired) electrons. The summed E-state index contributed by atoms with van der Waals surface area (Å²) in [4.78, 5) is 17.4. The monoisotopic (exact) mass is 349 g/mol. The van der Waals surface area contributed by atoms with Crippen LogP contribution in [0.25, 0.3) is 0 Å². The Hall–Kier alpha value is -2.45. The molecule has 1 heterocycles. The molecule has 0 aliphatic carbocycles. The molecule has 0 aliphatic heterocycles. The number of rotatable bonds is 5. The Labute approximate surface area is 153 Å². The maximum absolute atomic E-state index is 13.2. The molecule has 0 aliphatic rings. The van der Waals surface area contributed by atoms with Gasteiger partial charge in [0.2, 0.25) is 0 Å². The molecule has 0 bridgehead atoms. The first-order chi connectivity index (χ1) is 12.0. The molecule has 3 aromatic rings. The molecule has 1 aromatic heterocycles. The summed E-state index contributed by atoms with van der Waals surface area (Å²) in [7, 11) is 0. The number of benzene rings is 2. The van der Waals surface area contributed by atoms with Crippen LogP contribution in [0.2, 0.25) is 5.02 Å². The highest BCUT2D eigenvalue weighted by Gasteiger charge is 2.24. The first-order valence-electron chi connectivity index (χ1n) is 8.30. The lowest BCUT2D eigenvalue weighted by Crippen LogP contribution is -2.17. The van der Waals surface area contributed by atoms with Crippen LogP contribution in [0, 0.1) is 13.8 Å². The summed E-state index contributed by atoms with van der Waals surface area (Å²) in [6, 6.07) is 19.5. The van der Waals surface area contributed by atoms with Crippen molar-refractivity contribution in [1.82, 2.24) is 4.98 Å². The van der Waals surface area contributed by atoms with Crippen molar-refractivity contribution < 1.29 is 4.79 Å². The zero-order chi connectivity index (χ0) is 17.8. The third-order valence-electron chi connectivity index (χ3n) is 4.34. The van der Waals surface area contributed by atoms with Gasteiger partial charge in [0, 0.05) is 23.3 Å². The summed E-state index contributed by atoms with van der Waals surface area (Å²) in [5.41, 5.74) is 4.95. The molecule has 2 nitrogen and oxygen atoms in total. The summed E-state index contributed by atoms with van der Waals surface area (Å²) in [5.74, 6) is -0.130. The fraction of sp³-hybridized carbons (Fsp3) is 0.182. The highest BCUT2D eigenvalue weighted by molar-refractivity contribution is 6.30. The van der Waals surface area contributed by atoms with Crippen molar-refractivity contribution in [3.05, 3.63) is 99.8 Å². The van der Waals surface area contributed by atoms with Gasteiger partial charge in [-0.3, -0.25) is 9.78 Å². The second-order valence-electron chi connectivity index (χ2n) is 6.29. The summed E-state index contributed by atoms with van der Waals surface area (Å²) >= 11 is 6.10. The summed E-state index contributed by atoms with van der Waals surface area (Å²) < 4.78 is 0. The number of halogens is 1. The average Bonchev–Trinajstić information content (AvgIpc) is 2.58. The second kappa shape index (κ2) is 7.62. The van der Waals surface area contributed by atoms with Crippen molar-refractivity contribution in [3.8, 4) is 0 Å². The zero-order valence-corrected chi connectivity index (χ0v) is 15.1. The Kier molecular flexibility index (Phi) is 5.30. The second-order valence-corrected chi connectivity index (χ2v) is 6.73. The quantitative estimate of drug-likeness (QED) is 0.626. The van der Waals surface area contributed by atoms with Crippen LogP contribution in [0.5, 0.6) is 0 Å². The number of nitrogens with zero attached hydrogens (tertiary/aromatic N) is 1. The standard InChI is InChI=1S/C22H20ClNO/c1-15-12-19(23)8-9-20(15)22(18-6-4-3-5-7-18)21(25)14-17-10-11-24-16(2)13-17/h3-13,22H,14H2,1-2H3. The van der Waals surface area contributed by atoms with E-state index in [0.717, 1.165) is 27.9 Å². The molecule has 3 rings (SSSR count). The summed E-state index contributed by atoms with van der Waals surface area (Å²) in [6.45, 7) is 3.94. The number of aromatic nitrogens is 1. The van der Waals surface area contributed by atoms with Gasteiger partial charge >= 0.3 is 0 Å². The topological polar surface area (TPSA) is 30.0 Å². The van der Waals surface area contributed by atoms with E-state index in [4.69, 9.17) is 11.6 Å². The van der Waals surface area contributed by atoms with Crippen molar-refractivity contribution >= 4 is 17.4 Å². The number of carbonyl (C=O) groups excluding carboxylic acids is 1. The molecule has 3 heteroatoms. The molecule has 0 amide bonds. The number of Topliss-reactive ketones (excluding diaryl/α,β-unsaturated/α-hetero) is 1. The average molecular weight is 350 g/mol. The fourth-order valence-electron chi connectivity index (χ4n) is 3.16. The molecule has 25 heavy (non-hydrogen) atoms. The lowest BCUT2D eigenvalue weighted by Gasteiger charge is -2.19. The minimum atomic E-state index is -0.299. The van der Waals surface area contributed by atoms with Crippen molar-refractivity contribution in [3.63, 3.8) is 0 Å². The van der Waals surface area contributed by atoms with Gasteiger partial charge < -0.3 is 0 Å². The Bertz CT molecular complexity index is 890. The lowest BCUT2D eigenvalue weighted by atomic mass is 9.83. The summed E-state index contributed by atoms with van der Waals surface area (Å²) in [6.07, 6.45) is 2.13. The van der Waals surface area contributed by atoms with Crippen molar-refractivity contribution in [2.24, 2.45) is 0 Å². The van der Waals surface area contributed by atoms with E-state index in [1.54, 1.807) is 6.20 Å². The van der Waals surface area contributed by atoms with E-state index < -0.39 is 0 Å². The molecular formula is C22H20ClNO. The molecule has 2 aromatic carbocycles. The molecular weight excluding hydrogens is 330 g/mol. The third kappa shape index (κ3) is 4.15. The van der Waals surface area contributed by atoms with Crippen molar-refractivity contribution in [1.29, 1.82) is 0 Å². The Morgan fingerprint density at radius 2 is 1.80 bits per heavy atom.